The monoisotopic (exact) mass is 216 g/mol. The average Bonchev–Trinajstić information content (AvgIpc) is 1.98. The van der Waals surface area contributed by atoms with Crippen LogP contribution in [-0.4, -0.2) is 9.13 Å². The van der Waals surface area contributed by atoms with E-state index >= 15 is 0 Å². The molecular weight excluding hydrogens is 209 g/mol. The van der Waals surface area contributed by atoms with Gasteiger partial charge < -0.3 is 13.9 Å². The molecule has 1 rings (SSSR count). The van der Waals surface area contributed by atoms with E-state index in [0.29, 0.717) is 0 Å². The quantitative estimate of drug-likeness (QED) is 0.511. The fourth-order valence-corrected chi connectivity index (χ4v) is 0.638. The van der Waals surface area contributed by atoms with E-state index in [4.69, 9.17) is 0 Å². The minimum atomic E-state index is -0.278. The molecule has 0 saturated carbocycles. The van der Waals surface area contributed by atoms with E-state index in [0.717, 1.165) is 4.57 Å². The molecule has 5 heteroatoms. The maximum atomic E-state index is 10.7. The molecule has 0 aliphatic heterocycles. The third-order valence-corrected chi connectivity index (χ3v) is 1.22. The van der Waals surface area contributed by atoms with Crippen LogP contribution >= 0.6 is 0 Å². The van der Waals surface area contributed by atoms with Crippen LogP contribution in [0, 0.1) is 0 Å². The minimum Gasteiger partial charge on any atom is -0.455 e. The van der Waals surface area contributed by atoms with Crippen LogP contribution in [-0.2, 0) is 46.8 Å². The molecule has 0 N–H and O–H groups in total. The van der Waals surface area contributed by atoms with E-state index in [1.54, 1.807) is 7.05 Å². The summed E-state index contributed by atoms with van der Waals surface area (Å²) >= 11 is 0. The molecule has 0 unspecified atom stereocenters. The zero-order chi connectivity index (χ0) is 7.02. The summed E-state index contributed by atoms with van der Waals surface area (Å²) in [6, 6.07) is 0. The van der Waals surface area contributed by atoms with E-state index < -0.39 is 0 Å². The number of hydrogen-bond donors (Lipinski definition) is 0. The summed E-state index contributed by atoms with van der Waals surface area (Å²) in [6.07, 6.45) is 1.25. The van der Waals surface area contributed by atoms with E-state index in [9.17, 15) is 9.59 Å². The molecule has 0 fully saturated rings. The van der Waals surface area contributed by atoms with Crippen LogP contribution in [0.2, 0.25) is 0 Å². The summed E-state index contributed by atoms with van der Waals surface area (Å²) in [7, 11) is 2.99. The predicted molar refractivity (Wildman–Crippen MR) is 32.5 cm³/mol. The molecule has 0 spiro atoms. The molecule has 0 atom stereocenters. The summed E-state index contributed by atoms with van der Waals surface area (Å²) in [5, 5.41) is 0. The summed E-state index contributed by atoms with van der Waals surface area (Å²) in [6.45, 7) is 0. The Morgan fingerprint density at radius 2 is 1.80 bits per heavy atom. The number of nitrogens with zero attached hydrogens (tertiary/aromatic N) is 2. The van der Waals surface area contributed by atoms with Gasteiger partial charge in [-0.15, -0.1) is 0 Å². The fourth-order valence-electron chi connectivity index (χ4n) is 0.638. The zero-order valence-corrected chi connectivity index (χ0v) is 8.70. The smallest absolute Gasteiger partial charge is 0.172 e. The van der Waals surface area contributed by atoms with E-state index in [2.05, 4.69) is 0 Å². The van der Waals surface area contributed by atoms with Gasteiger partial charge in [0, 0.05) is 32.7 Å². The SMILES string of the molecule is Cn1[cH-]c(=O)n(C)c1=O.[Y]. The second kappa shape index (κ2) is 3.35. The zero-order valence-electron chi connectivity index (χ0n) is 5.87. The van der Waals surface area contributed by atoms with Crippen LogP contribution in [0.3, 0.4) is 0 Å². The van der Waals surface area contributed by atoms with Gasteiger partial charge in [0.2, 0.25) is 0 Å². The minimum absolute atomic E-state index is 0. The molecule has 1 heterocycles. The second-order valence-corrected chi connectivity index (χ2v) is 1.92. The van der Waals surface area contributed by atoms with Gasteiger partial charge in [-0.25, -0.2) is 0 Å². The third-order valence-electron chi connectivity index (χ3n) is 1.22. The first-order valence-electron chi connectivity index (χ1n) is 2.52. The van der Waals surface area contributed by atoms with E-state index in [1.807, 2.05) is 0 Å². The largest absolute Gasteiger partial charge is 0.455 e. The van der Waals surface area contributed by atoms with Crippen molar-refractivity contribution in [1.29, 1.82) is 0 Å². The number of imidazole rings is 1. The van der Waals surface area contributed by atoms with Gasteiger partial charge in [-0.05, 0) is 14.1 Å². The molecule has 0 aliphatic carbocycles. The molecule has 0 aromatic carbocycles. The number of rotatable bonds is 0. The van der Waals surface area contributed by atoms with Crippen LogP contribution < -0.4 is 11.2 Å². The molecule has 0 aliphatic rings. The molecule has 0 amide bonds. The Kier molecular flexibility index (Phi) is 3.32. The van der Waals surface area contributed by atoms with Crippen molar-refractivity contribution in [2.24, 2.45) is 14.1 Å². The van der Waals surface area contributed by atoms with Crippen molar-refractivity contribution in [3.8, 4) is 0 Å². The molecular formula is C5H7N2O2Y-. The molecule has 0 saturated heterocycles. The van der Waals surface area contributed by atoms with E-state index in [1.165, 1.54) is 17.8 Å². The molecule has 1 aromatic rings. The third kappa shape index (κ3) is 1.49. The van der Waals surface area contributed by atoms with Crippen molar-refractivity contribution in [3.05, 3.63) is 27.0 Å². The summed E-state index contributed by atoms with van der Waals surface area (Å²) in [5.74, 6) is 0. The molecule has 10 heavy (non-hydrogen) atoms. The van der Waals surface area contributed by atoms with Crippen molar-refractivity contribution in [3.63, 3.8) is 0 Å². The fraction of sp³-hybridized carbons (Fsp3) is 0.400. The van der Waals surface area contributed by atoms with Crippen LogP contribution in [0.15, 0.2) is 15.8 Å². The van der Waals surface area contributed by atoms with Crippen LogP contribution in [0.5, 0.6) is 0 Å². The Balaban J connectivity index is 0.000000810. The molecule has 53 valence electrons. The Morgan fingerprint density at radius 1 is 1.30 bits per heavy atom. The van der Waals surface area contributed by atoms with Gasteiger partial charge in [0.05, 0.1) is 0 Å². The Hall–Kier alpha value is -0.0861. The second-order valence-electron chi connectivity index (χ2n) is 1.92. The molecule has 1 radical (unpaired) electrons. The Morgan fingerprint density at radius 3 is 1.90 bits per heavy atom. The number of aryl methyl sites for hydroxylation is 1. The summed E-state index contributed by atoms with van der Waals surface area (Å²) in [4.78, 5) is 21.3. The first-order valence-corrected chi connectivity index (χ1v) is 2.52. The van der Waals surface area contributed by atoms with Gasteiger partial charge in [0.25, 0.3) is 0 Å². The predicted octanol–water partition coefficient (Wildman–Crippen LogP) is -1.20. The normalized spacial score (nSPS) is 9.00. The van der Waals surface area contributed by atoms with Gasteiger partial charge in [0.1, 0.15) is 0 Å². The maximum Gasteiger partial charge on any atom is 0.172 e. The van der Waals surface area contributed by atoms with Crippen LogP contribution in [0.4, 0.5) is 0 Å². The van der Waals surface area contributed by atoms with E-state index in [-0.39, 0.29) is 44.0 Å². The van der Waals surface area contributed by atoms with Crippen LogP contribution in [0.1, 0.15) is 0 Å². The Bertz CT molecular complexity index is 319. The van der Waals surface area contributed by atoms with Crippen molar-refractivity contribution >= 4 is 0 Å². The first-order chi connectivity index (χ1) is 4.13. The van der Waals surface area contributed by atoms with Crippen molar-refractivity contribution in [2.45, 2.75) is 0 Å². The van der Waals surface area contributed by atoms with Gasteiger partial charge in [-0.1, -0.05) is 6.20 Å². The van der Waals surface area contributed by atoms with Crippen LogP contribution in [0.25, 0.3) is 0 Å². The number of hydrogen-bond acceptors (Lipinski definition) is 2. The number of aromatic nitrogens is 2. The van der Waals surface area contributed by atoms with Gasteiger partial charge in [-0.3, -0.25) is 4.79 Å². The van der Waals surface area contributed by atoms with Gasteiger partial charge >= 0.3 is 0 Å². The van der Waals surface area contributed by atoms with Gasteiger partial charge in [0.15, 0.2) is 11.2 Å². The molecule has 0 bridgehead atoms. The summed E-state index contributed by atoms with van der Waals surface area (Å²) < 4.78 is 2.31. The topological polar surface area (TPSA) is 44.0 Å². The van der Waals surface area contributed by atoms with Gasteiger partial charge in [-0.2, -0.15) is 0 Å². The first kappa shape index (κ1) is 9.91. The van der Waals surface area contributed by atoms with Crippen molar-refractivity contribution < 1.29 is 32.7 Å². The van der Waals surface area contributed by atoms with Crippen molar-refractivity contribution in [1.82, 2.24) is 9.13 Å². The standard InChI is InChI=1S/C5H7N2O2.Y/c1-6-3-4(8)7(2)5(6)9;/h3H,1-2H3;/q-1;. The molecule has 4 nitrogen and oxygen atoms in total. The molecule has 1 aromatic heterocycles. The average molecular weight is 216 g/mol. The maximum absolute atomic E-state index is 10.7. The van der Waals surface area contributed by atoms with Crippen molar-refractivity contribution in [2.75, 3.05) is 0 Å². The summed E-state index contributed by atoms with van der Waals surface area (Å²) in [5.41, 5.74) is -0.539. The Labute approximate surface area is 82.7 Å².